The second-order valence-electron chi connectivity index (χ2n) is 5.00. The van der Waals surface area contributed by atoms with Gasteiger partial charge >= 0.3 is 6.03 Å². The number of rotatable bonds is 5. The average Bonchev–Trinajstić information content (AvgIpc) is 2.37. The van der Waals surface area contributed by atoms with Crippen molar-refractivity contribution >= 4 is 6.03 Å². The van der Waals surface area contributed by atoms with Crippen LogP contribution in [0.15, 0.2) is 18.3 Å². The van der Waals surface area contributed by atoms with Crippen molar-refractivity contribution in [3.05, 3.63) is 29.6 Å². The Balaban J connectivity index is 2.58. The van der Waals surface area contributed by atoms with Crippen LogP contribution in [0.5, 0.6) is 0 Å². The van der Waals surface area contributed by atoms with Gasteiger partial charge in [-0.15, -0.1) is 0 Å². The lowest BCUT2D eigenvalue weighted by molar-refractivity contribution is 0.241. The fraction of sp³-hybridized carbons (Fsp3) is 0.571. The first-order chi connectivity index (χ1) is 8.49. The number of amides is 2. The lowest BCUT2D eigenvalue weighted by atomic mass is 9.86. The highest BCUT2D eigenvalue weighted by Gasteiger charge is 2.19. The topological polar surface area (TPSA) is 54.0 Å². The molecular weight excluding hydrogens is 226 g/mol. The van der Waals surface area contributed by atoms with Gasteiger partial charge in [-0.25, -0.2) is 4.79 Å². The third-order valence-electron chi connectivity index (χ3n) is 3.19. The Morgan fingerprint density at radius 1 is 1.28 bits per heavy atom. The molecule has 0 radical (unpaired) electrons. The molecule has 0 aliphatic heterocycles. The fourth-order valence-electron chi connectivity index (χ4n) is 1.52. The van der Waals surface area contributed by atoms with Crippen molar-refractivity contribution in [3.8, 4) is 0 Å². The maximum atomic E-state index is 11.2. The Morgan fingerprint density at radius 3 is 2.50 bits per heavy atom. The molecule has 0 spiro atoms. The van der Waals surface area contributed by atoms with Crippen LogP contribution in [-0.2, 0) is 12.0 Å². The Hall–Kier alpha value is -1.58. The Kier molecular flexibility index (Phi) is 5.13. The van der Waals surface area contributed by atoms with Gasteiger partial charge < -0.3 is 10.6 Å². The first kappa shape index (κ1) is 14.5. The van der Waals surface area contributed by atoms with Crippen LogP contribution in [0.3, 0.4) is 0 Å². The van der Waals surface area contributed by atoms with Crippen molar-refractivity contribution in [1.29, 1.82) is 0 Å². The number of nitrogens with one attached hydrogen (secondary N) is 2. The summed E-state index contributed by atoms with van der Waals surface area (Å²) in [6, 6.07) is 3.92. The summed E-state index contributed by atoms with van der Waals surface area (Å²) in [5.74, 6) is 0. The number of pyridine rings is 1. The molecule has 2 amide bonds. The Bertz CT molecular complexity index is 385. The highest BCUT2D eigenvalue weighted by Crippen LogP contribution is 2.24. The van der Waals surface area contributed by atoms with Crippen LogP contribution in [-0.4, -0.2) is 17.6 Å². The second-order valence-corrected chi connectivity index (χ2v) is 5.00. The summed E-state index contributed by atoms with van der Waals surface area (Å²) in [5, 5.41) is 5.47. The van der Waals surface area contributed by atoms with E-state index in [1.807, 2.05) is 25.3 Å². The first-order valence-electron chi connectivity index (χ1n) is 6.46. The summed E-state index contributed by atoms with van der Waals surface area (Å²) in [6.45, 7) is 9.55. The van der Waals surface area contributed by atoms with Gasteiger partial charge in [0.25, 0.3) is 0 Å². The van der Waals surface area contributed by atoms with E-state index in [0.717, 1.165) is 17.7 Å². The highest BCUT2D eigenvalue weighted by atomic mass is 16.2. The zero-order valence-corrected chi connectivity index (χ0v) is 11.7. The van der Waals surface area contributed by atoms with Crippen LogP contribution in [0, 0.1) is 0 Å². The maximum absolute atomic E-state index is 11.2. The van der Waals surface area contributed by atoms with E-state index in [9.17, 15) is 4.79 Å². The number of hydrogen-bond donors (Lipinski definition) is 2. The zero-order chi connectivity index (χ0) is 13.6. The molecule has 0 atom stereocenters. The van der Waals surface area contributed by atoms with E-state index in [1.54, 1.807) is 0 Å². The van der Waals surface area contributed by atoms with Crippen LogP contribution >= 0.6 is 0 Å². The second kappa shape index (κ2) is 6.38. The minimum absolute atomic E-state index is 0.103. The smallest absolute Gasteiger partial charge is 0.315 e. The third kappa shape index (κ3) is 4.02. The molecule has 1 heterocycles. The summed E-state index contributed by atoms with van der Waals surface area (Å²) in [6.07, 6.45) is 2.88. The normalized spacial score (nSPS) is 11.1. The van der Waals surface area contributed by atoms with E-state index in [0.29, 0.717) is 13.1 Å². The molecule has 0 unspecified atom stereocenters. The van der Waals surface area contributed by atoms with Crippen molar-refractivity contribution in [1.82, 2.24) is 15.6 Å². The van der Waals surface area contributed by atoms with Gasteiger partial charge in [-0.1, -0.05) is 26.8 Å². The van der Waals surface area contributed by atoms with Gasteiger partial charge in [0.1, 0.15) is 0 Å². The predicted molar refractivity (Wildman–Crippen MR) is 73.5 cm³/mol. The molecule has 0 aromatic carbocycles. The Morgan fingerprint density at radius 2 is 2.00 bits per heavy atom. The van der Waals surface area contributed by atoms with E-state index in [2.05, 4.69) is 36.4 Å². The quantitative estimate of drug-likeness (QED) is 0.842. The summed E-state index contributed by atoms with van der Waals surface area (Å²) in [7, 11) is 0. The van der Waals surface area contributed by atoms with Crippen molar-refractivity contribution in [2.45, 2.75) is 46.1 Å². The summed E-state index contributed by atoms with van der Waals surface area (Å²) >= 11 is 0. The standard InChI is InChI=1S/C14H23N3O/c1-5-14(3,4)12-8-7-11(9-16-12)10-17-13(18)15-6-2/h7-9H,5-6,10H2,1-4H3,(H2,15,17,18). The van der Waals surface area contributed by atoms with Crippen molar-refractivity contribution < 1.29 is 4.79 Å². The van der Waals surface area contributed by atoms with Gasteiger partial charge in [-0.2, -0.15) is 0 Å². The van der Waals surface area contributed by atoms with Crippen LogP contribution in [0.4, 0.5) is 4.79 Å². The molecule has 1 rings (SSSR count). The lowest BCUT2D eigenvalue weighted by Crippen LogP contribution is -2.34. The molecule has 100 valence electrons. The molecule has 0 bridgehead atoms. The number of carbonyl (C=O) groups excluding carboxylic acids is 1. The van der Waals surface area contributed by atoms with Gasteiger partial charge in [0.15, 0.2) is 0 Å². The molecular formula is C14H23N3O. The first-order valence-corrected chi connectivity index (χ1v) is 6.46. The molecule has 4 heteroatoms. The molecule has 1 aromatic heterocycles. The number of carbonyl (C=O) groups is 1. The molecule has 4 nitrogen and oxygen atoms in total. The molecule has 2 N–H and O–H groups in total. The van der Waals surface area contributed by atoms with Crippen LogP contribution in [0.1, 0.15) is 45.4 Å². The Labute approximate surface area is 109 Å². The summed E-state index contributed by atoms with van der Waals surface area (Å²) in [5.41, 5.74) is 2.20. The molecule has 0 saturated carbocycles. The predicted octanol–water partition coefficient (Wildman–Crippen LogP) is 2.59. The lowest BCUT2D eigenvalue weighted by Gasteiger charge is -2.21. The molecule has 0 aliphatic rings. The van der Waals surface area contributed by atoms with Crippen LogP contribution in [0.25, 0.3) is 0 Å². The minimum atomic E-state index is -0.143. The molecule has 0 saturated heterocycles. The van der Waals surface area contributed by atoms with E-state index in [4.69, 9.17) is 0 Å². The van der Waals surface area contributed by atoms with Crippen molar-refractivity contribution in [2.24, 2.45) is 0 Å². The van der Waals surface area contributed by atoms with E-state index < -0.39 is 0 Å². The number of aromatic nitrogens is 1. The maximum Gasteiger partial charge on any atom is 0.315 e. The van der Waals surface area contributed by atoms with Crippen LogP contribution < -0.4 is 10.6 Å². The summed E-state index contributed by atoms with van der Waals surface area (Å²) < 4.78 is 0. The number of hydrogen-bond acceptors (Lipinski definition) is 2. The van der Waals surface area contributed by atoms with Crippen LogP contribution in [0.2, 0.25) is 0 Å². The van der Waals surface area contributed by atoms with Gasteiger partial charge in [0.2, 0.25) is 0 Å². The molecule has 18 heavy (non-hydrogen) atoms. The van der Waals surface area contributed by atoms with E-state index in [-0.39, 0.29) is 11.4 Å². The van der Waals surface area contributed by atoms with Crippen molar-refractivity contribution in [2.75, 3.05) is 6.54 Å². The van der Waals surface area contributed by atoms with E-state index >= 15 is 0 Å². The molecule has 0 fully saturated rings. The largest absolute Gasteiger partial charge is 0.338 e. The van der Waals surface area contributed by atoms with Gasteiger partial charge in [-0.3, -0.25) is 4.98 Å². The minimum Gasteiger partial charge on any atom is -0.338 e. The highest BCUT2D eigenvalue weighted by molar-refractivity contribution is 5.73. The van der Waals surface area contributed by atoms with Gasteiger partial charge in [0, 0.05) is 30.4 Å². The average molecular weight is 249 g/mol. The third-order valence-corrected chi connectivity index (χ3v) is 3.19. The number of nitrogens with zero attached hydrogens (tertiary/aromatic N) is 1. The monoisotopic (exact) mass is 249 g/mol. The number of urea groups is 1. The summed E-state index contributed by atoms with van der Waals surface area (Å²) in [4.78, 5) is 15.7. The van der Waals surface area contributed by atoms with Gasteiger partial charge in [-0.05, 0) is 25.0 Å². The van der Waals surface area contributed by atoms with Crippen molar-refractivity contribution in [3.63, 3.8) is 0 Å². The fourth-order valence-corrected chi connectivity index (χ4v) is 1.52. The van der Waals surface area contributed by atoms with E-state index in [1.165, 1.54) is 0 Å². The van der Waals surface area contributed by atoms with Gasteiger partial charge in [0.05, 0.1) is 0 Å². The zero-order valence-electron chi connectivity index (χ0n) is 11.7. The SMILES string of the molecule is CCNC(=O)NCc1ccc(C(C)(C)CC)nc1. The molecule has 0 aliphatic carbocycles. The molecule has 1 aromatic rings.